The Bertz CT molecular complexity index is 376. The number of Topliss-reactive ketones (excluding diaryl/α,β-unsaturated/α-hetero) is 1. The molecule has 3 nitrogen and oxygen atoms in total. The van der Waals surface area contributed by atoms with Gasteiger partial charge in [0.2, 0.25) is 0 Å². The lowest BCUT2D eigenvalue weighted by molar-refractivity contribution is -0.119. The lowest BCUT2D eigenvalue weighted by Gasteiger charge is -2.24. The summed E-state index contributed by atoms with van der Waals surface area (Å²) in [4.78, 5) is 11.5. The first-order chi connectivity index (χ1) is 7.20. The van der Waals surface area contributed by atoms with Gasteiger partial charge < -0.3 is 0 Å². The minimum absolute atomic E-state index is 0.140. The Morgan fingerprint density at radius 1 is 1.40 bits per heavy atom. The highest BCUT2D eigenvalue weighted by Gasteiger charge is 2.30. The fourth-order valence-electron chi connectivity index (χ4n) is 2.04. The van der Waals surface area contributed by atoms with Crippen LogP contribution in [0.3, 0.4) is 0 Å². The number of hydrogen-bond acceptors (Lipinski definition) is 3. The molecule has 15 heavy (non-hydrogen) atoms. The molecule has 1 N–H and O–H groups in total. The van der Waals surface area contributed by atoms with Crippen molar-refractivity contribution in [3.63, 3.8) is 0 Å². The van der Waals surface area contributed by atoms with Crippen LogP contribution in [0.1, 0.15) is 24.8 Å². The molecule has 0 amide bonds. The van der Waals surface area contributed by atoms with Gasteiger partial charge in [-0.3, -0.25) is 10.0 Å². The summed E-state index contributed by atoms with van der Waals surface area (Å²) in [5.74, 6) is 0.140. The first-order valence-corrected chi connectivity index (χ1v) is 5.26. The molecule has 1 atom stereocenters. The van der Waals surface area contributed by atoms with Crippen LogP contribution in [0.15, 0.2) is 24.3 Å². The quantitative estimate of drug-likeness (QED) is 0.753. The highest BCUT2D eigenvalue weighted by Crippen LogP contribution is 2.26. The average Bonchev–Trinajstić information content (AvgIpc) is 2.64. The molecule has 1 saturated carbocycles. The Balaban J connectivity index is 2.24. The molecule has 3 heteroatoms. The second-order valence-electron chi connectivity index (χ2n) is 4.01. The van der Waals surface area contributed by atoms with Gasteiger partial charge >= 0.3 is 0 Å². The molecule has 0 spiro atoms. The van der Waals surface area contributed by atoms with Crippen molar-refractivity contribution in [1.29, 1.82) is 0 Å². The van der Waals surface area contributed by atoms with E-state index in [1.807, 2.05) is 31.2 Å². The highest BCUT2D eigenvalue weighted by molar-refractivity contribution is 5.88. The summed E-state index contributed by atoms with van der Waals surface area (Å²) in [6.07, 6.45) is 2.23. The van der Waals surface area contributed by atoms with E-state index in [0.717, 1.165) is 29.2 Å². The molecular weight excluding hydrogens is 190 g/mol. The van der Waals surface area contributed by atoms with Crippen molar-refractivity contribution in [2.75, 3.05) is 5.06 Å². The topological polar surface area (TPSA) is 40.5 Å². The largest absolute Gasteiger partial charge is 0.297 e. The Morgan fingerprint density at radius 3 is 2.73 bits per heavy atom. The van der Waals surface area contributed by atoms with Gasteiger partial charge in [0, 0.05) is 6.42 Å². The second kappa shape index (κ2) is 4.03. The van der Waals surface area contributed by atoms with E-state index in [9.17, 15) is 10.0 Å². The van der Waals surface area contributed by atoms with Crippen molar-refractivity contribution >= 4 is 11.5 Å². The molecule has 80 valence electrons. The number of hydroxylamine groups is 1. The number of hydrogen-bond donors (Lipinski definition) is 1. The average molecular weight is 205 g/mol. The minimum Gasteiger partial charge on any atom is -0.297 e. The van der Waals surface area contributed by atoms with Gasteiger partial charge in [-0.25, -0.2) is 5.06 Å². The van der Waals surface area contributed by atoms with Crippen LogP contribution >= 0.6 is 0 Å². The van der Waals surface area contributed by atoms with Crippen LogP contribution in [0.5, 0.6) is 0 Å². The van der Waals surface area contributed by atoms with Crippen molar-refractivity contribution in [3.8, 4) is 0 Å². The molecule has 2 rings (SSSR count). The third kappa shape index (κ3) is 1.88. The normalized spacial score (nSPS) is 20.7. The van der Waals surface area contributed by atoms with E-state index in [0.29, 0.717) is 6.42 Å². The van der Waals surface area contributed by atoms with Crippen LogP contribution in [0.2, 0.25) is 0 Å². The number of rotatable bonds is 2. The van der Waals surface area contributed by atoms with Gasteiger partial charge in [-0.15, -0.1) is 0 Å². The maximum Gasteiger partial charge on any atom is 0.157 e. The number of para-hydroxylation sites is 1. The van der Waals surface area contributed by atoms with Crippen molar-refractivity contribution in [1.82, 2.24) is 0 Å². The molecule has 0 aliphatic heterocycles. The lowest BCUT2D eigenvalue weighted by Crippen LogP contribution is -2.35. The van der Waals surface area contributed by atoms with E-state index < -0.39 is 0 Å². The molecule has 1 unspecified atom stereocenters. The number of carbonyl (C=O) groups is 1. The Labute approximate surface area is 89.3 Å². The molecule has 0 saturated heterocycles. The number of carbonyl (C=O) groups excluding carboxylic acids is 1. The predicted octanol–water partition coefficient (Wildman–Crippen LogP) is 2.31. The van der Waals surface area contributed by atoms with Crippen molar-refractivity contribution in [2.24, 2.45) is 0 Å². The SMILES string of the molecule is Cc1ccccc1N(O)C1CCCC1=O. The van der Waals surface area contributed by atoms with Crippen LogP contribution < -0.4 is 5.06 Å². The van der Waals surface area contributed by atoms with Crippen LogP contribution in [0.4, 0.5) is 5.69 Å². The van der Waals surface area contributed by atoms with Gasteiger partial charge in [0.1, 0.15) is 6.04 Å². The summed E-state index contributed by atoms with van der Waals surface area (Å²) in [6, 6.07) is 7.21. The summed E-state index contributed by atoms with van der Waals surface area (Å²) in [6.45, 7) is 1.93. The summed E-state index contributed by atoms with van der Waals surface area (Å²) in [7, 11) is 0. The third-order valence-electron chi connectivity index (χ3n) is 2.93. The molecule has 1 fully saturated rings. The Hall–Kier alpha value is -1.35. The van der Waals surface area contributed by atoms with Gasteiger partial charge in [0.15, 0.2) is 5.78 Å². The van der Waals surface area contributed by atoms with Crippen molar-refractivity contribution in [3.05, 3.63) is 29.8 Å². The van der Waals surface area contributed by atoms with E-state index in [4.69, 9.17) is 0 Å². The smallest absolute Gasteiger partial charge is 0.157 e. The lowest BCUT2D eigenvalue weighted by atomic mass is 10.1. The van der Waals surface area contributed by atoms with Gasteiger partial charge in [-0.1, -0.05) is 18.2 Å². The fraction of sp³-hybridized carbons (Fsp3) is 0.417. The molecule has 1 aliphatic rings. The number of ketones is 1. The maximum absolute atomic E-state index is 11.5. The number of benzene rings is 1. The fourth-order valence-corrected chi connectivity index (χ4v) is 2.04. The Morgan fingerprint density at radius 2 is 2.13 bits per heavy atom. The highest BCUT2D eigenvalue weighted by atomic mass is 16.5. The molecule has 1 aliphatic carbocycles. The molecule has 0 radical (unpaired) electrons. The Kier molecular flexibility index (Phi) is 2.73. The van der Waals surface area contributed by atoms with Crippen molar-refractivity contribution in [2.45, 2.75) is 32.2 Å². The van der Waals surface area contributed by atoms with E-state index in [-0.39, 0.29) is 11.8 Å². The zero-order chi connectivity index (χ0) is 10.8. The molecule has 0 bridgehead atoms. The predicted molar refractivity (Wildman–Crippen MR) is 58.1 cm³/mol. The molecule has 0 heterocycles. The van der Waals surface area contributed by atoms with E-state index >= 15 is 0 Å². The number of aryl methyl sites for hydroxylation is 1. The summed E-state index contributed by atoms with van der Waals surface area (Å²) in [5, 5.41) is 11.1. The standard InChI is InChI=1S/C12H15NO2/c1-9-5-2-3-6-10(9)13(15)11-7-4-8-12(11)14/h2-3,5-6,11,15H,4,7-8H2,1H3. The number of nitrogens with zero attached hydrogens (tertiary/aromatic N) is 1. The van der Waals surface area contributed by atoms with Gasteiger partial charge in [0.05, 0.1) is 5.69 Å². The van der Waals surface area contributed by atoms with Crippen LogP contribution in [-0.4, -0.2) is 17.0 Å². The van der Waals surface area contributed by atoms with E-state index in [1.165, 1.54) is 0 Å². The van der Waals surface area contributed by atoms with E-state index in [1.54, 1.807) is 0 Å². The van der Waals surface area contributed by atoms with E-state index in [2.05, 4.69) is 0 Å². The second-order valence-corrected chi connectivity index (χ2v) is 4.01. The van der Waals surface area contributed by atoms with Gasteiger partial charge in [-0.2, -0.15) is 0 Å². The molecule has 1 aromatic carbocycles. The van der Waals surface area contributed by atoms with Crippen LogP contribution in [0, 0.1) is 6.92 Å². The summed E-state index contributed by atoms with van der Waals surface area (Å²) in [5.41, 5.74) is 1.72. The first kappa shape index (κ1) is 10.2. The van der Waals surface area contributed by atoms with Gasteiger partial charge in [-0.05, 0) is 31.4 Å². The minimum atomic E-state index is -0.342. The maximum atomic E-state index is 11.5. The monoisotopic (exact) mass is 205 g/mol. The molecular formula is C12H15NO2. The summed E-state index contributed by atoms with van der Waals surface area (Å²) >= 11 is 0. The molecule has 0 aromatic heterocycles. The van der Waals surface area contributed by atoms with Crippen LogP contribution in [-0.2, 0) is 4.79 Å². The summed E-state index contributed by atoms with van der Waals surface area (Å²) < 4.78 is 0. The zero-order valence-electron chi connectivity index (χ0n) is 8.81. The molecule has 1 aromatic rings. The van der Waals surface area contributed by atoms with Crippen molar-refractivity contribution < 1.29 is 10.0 Å². The van der Waals surface area contributed by atoms with Gasteiger partial charge in [0.25, 0.3) is 0 Å². The first-order valence-electron chi connectivity index (χ1n) is 5.26. The number of anilines is 1. The zero-order valence-corrected chi connectivity index (χ0v) is 8.81. The third-order valence-corrected chi connectivity index (χ3v) is 2.93. The van der Waals surface area contributed by atoms with Crippen LogP contribution in [0.25, 0.3) is 0 Å².